The molecule has 100 valence electrons. The molecule has 3 heteroatoms. The average molecular weight is 248 g/mol. The lowest BCUT2D eigenvalue weighted by Crippen LogP contribution is -2.37. The Morgan fingerprint density at radius 1 is 1.39 bits per heavy atom. The molecule has 1 unspecified atom stereocenters. The second kappa shape index (κ2) is 7.31. The van der Waals surface area contributed by atoms with Gasteiger partial charge in [0, 0.05) is 19.1 Å². The van der Waals surface area contributed by atoms with E-state index in [0.717, 1.165) is 6.42 Å². The first-order chi connectivity index (χ1) is 8.58. The van der Waals surface area contributed by atoms with Crippen molar-refractivity contribution in [2.45, 2.75) is 33.2 Å². The van der Waals surface area contributed by atoms with E-state index in [9.17, 15) is 5.21 Å². The molecule has 0 saturated heterocycles. The molecule has 3 nitrogen and oxygen atoms in total. The molecule has 0 radical (unpaired) electrons. The van der Waals surface area contributed by atoms with Gasteiger partial charge in [-0.2, -0.15) is 5.06 Å². The van der Waals surface area contributed by atoms with E-state index in [1.165, 1.54) is 21.8 Å². The molecule has 0 fully saturated rings. The Balaban J connectivity index is 2.64. The fourth-order valence-electron chi connectivity index (χ4n) is 1.81. The molecule has 0 spiro atoms. The van der Waals surface area contributed by atoms with E-state index in [4.69, 9.17) is 5.73 Å². The van der Waals surface area contributed by atoms with Crippen molar-refractivity contribution in [3.05, 3.63) is 41.5 Å². The quantitative estimate of drug-likeness (QED) is 0.761. The van der Waals surface area contributed by atoms with Crippen LogP contribution < -0.4 is 5.73 Å². The molecule has 1 aromatic rings. The molecule has 0 aliphatic carbocycles. The maximum absolute atomic E-state index is 9.86. The highest BCUT2D eigenvalue weighted by Gasteiger charge is 2.10. The summed E-state index contributed by atoms with van der Waals surface area (Å²) in [6, 6.07) is 8.43. The van der Waals surface area contributed by atoms with Crippen molar-refractivity contribution in [2.75, 3.05) is 13.1 Å². The monoisotopic (exact) mass is 248 g/mol. The molecule has 1 rings (SSSR count). The van der Waals surface area contributed by atoms with E-state index in [0.29, 0.717) is 13.1 Å². The lowest BCUT2D eigenvalue weighted by Gasteiger charge is -2.22. The summed E-state index contributed by atoms with van der Waals surface area (Å²) in [6.07, 6.45) is 2.88. The topological polar surface area (TPSA) is 49.5 Å². The smallest absolute Gasteiger partial charge is 0.0473 e. The average Bonchev–Trinajstić information content (AvgIpc) is 2.38. The van der Waals surface area contributed by atoms with E-state index < -0.39 is 0 Å². The van der Waals surface area contributed by atoms with Crippen molar-refractivity contribution in [3.8, 4) is 0 Å². The van der Waals surface area contributed by atoms with Crippen LogP contribution in [0.5, 0.6) is 0 Å². The van der Waals surface area contributed by atoms with Gasteiger partial charge in [0.25, 0.3) is 0 Å². The van der Waals surface area contributed by atoms with Crippen LogP contribution in [-0.4, -0.2) is 29.4 Å². The van der Waals surface area contributed by atoms with Crippen molar-refractivity contribution in [3.63, 3.8) is 0 Å². The van der Waals surface area contributed by atoms with Gasteiger partial charge in [0.2, 0.25) is 0 Å². The van der Waals surface area contributed by atoms with Gasteiger partial charge in [-0.3, -0.25) is 0 Å². The van der Waals surface area contributed by atoms with Crippen molar-refractivity contribution >= 4 is 5.57 Å². The highest BCUT2D eigenvalue weighted by atomic mass is 16.5. The summed E-state index contributed by atoms with van der Waals surface area (Å²) in [7, 11) is 0. The number of allylic oxidation sites excluding steroid dienone is 1. The first kappa shape index (κ1) is 14.9. The van der Waals surface area contributed by atoms with Crippen LogP contribution in [0.2, 0.25) is 0 Å². The number of rotatable bonds is 6. The van der Waals surface area contributed by atoms with Crippen molar-refractivity contribution in [2.24, 2.45) is 5.73 Å². The molecule has 0 bridgehead atoms. The molecular formula is C15H24N2O. The number of nitrogens with zero attached hydrogens (tertiary/aromatic N) is 1. The largest absolute Gasteiger partial charge is 0.329 e. The predicted octanol–water partition coefficient (Wildman–Crippen LogP) is 2.83. The van der Waals surface area contributed by atoms with E-state index in [-0.39, 0.29) is 6.04 Å². The van der Waals surface area contributed by atoms with Gasteiger partial charge < -0.3 is 10.9 Å². The van der Waals surface area contributed by atoms with Crippen molar-refractivity contribution < 1.29 is 5.21 Å². The van der Waals surface area contributed by atoms with Crippen LogP contribution in [0.3, 0.4) is 0 Å². The maximum atomic E-state index is 9.86. The summed E-state index contributed by atoms with van der Waals surface area (Å²) in [4.78, 5) is 0. The number of hydroxylamine groups is 2. The normalized spacial score (nSPS) is 14.0. The van der Waals surface area contributed by atoms with Crippen LogP contribution in [0, 0.1) is 6.92 Å². The van der Waals surface area contributed by atoms with Crippen LogP contribution in [0.4, 0.5) is 0 Å². The van der Waals surface area contributed by atoms with Crippen LogP contribution in [-0.2, 0) is 0 Å². The number of aryl methyl sites for hydroxylation is 1. The summed E-state index contributed by atoms with van der Waals surface area (Å²) < 4.78 is 0. The Kier molecular flexibility index (Phi) is 6.05. The minimum atomic E-state index is 0.0343. The third-order valence-corrected chi connectivity index (χ3v) is 3.26. The number of hydrogen-bond donors (Lipinski definition) is 2. The van der Waals surface area contributed by atoms with E-state index in [1.807, 2.05) is 13.0 Å². The zero-order valence-electron chi connectivity index (χ0n) is 11.6. The number of benzene rings is 1. The second-order valence-corrected chi connectivity index (χ2v) is 4.67. The van der Waals surface area contributed by atoms with Gasteiger partial charge in [-0.15, -0.1) is 0 Å². The van der Waals surface area contributed by atoms with Crippen molar-refractivity contribution in [1.29, 1.82) is 0 Å². The summed E-state index contributed by atoms with van der Waals surface area (Å²) >= 11 is 0. The van der Waals surface area contributed by atoms with Crippen LogP contribution in [0.1, 0.15) is 31.4 Å². The minimum Gasteiger partial charge on any atom is -0.329 e. The molecule has 0 heterocycles. The molecule has 1 aromatic carbocycles. The highest BCUT2D eigenvalue weighted by Crippen LogP contribution is 2.14. The summed E-state index contributed by atoms with van der Waals surface area (Å²) in [5.41, 5.74) is 9.21. The second-order valence-electron chi connectivity index (χ2n) is 4.67. The van der Waals surface area contributed by atoms with Gasteiger partial charge >= 0.3 is 0 Å². The molecule has 0 aromatic heterocycles. The van der Waals surface area contributed by atoms with Crippen LogP contribution in [0.25, 0.3) is 5.57 Å². The summed E-state index contributed by atoms with van der Waals surface area (Å²) in [5, 5.41) is 11.2. The maximum Gasteiger partial charge on any atom is 0.0473 e. The Bertz CT molecular complexity index is 380. The molecule has 1 atom stereocenters. The standard InChI is InChI=1S/C15H24N2O/c1-4-15(11-16)17(18)10-9-13(3)14-7-5-12(2)6-8-14/h5-9,15,18H,4,10-11,16H2,1-3H3/b13-9+. The third-order valence-electron chi connectivity index (χ3n) is 3.26. The van der Waals surface area contributed by atoms with Gasteiger partial charge in [-0.1, -0.05) is 42.8 Å². The molecule has 0 aliphatic rings. The van der Waals surface area contributed by atoms with Crippen molar-refractivity contribution in [1.82, 2.24) is 5.06 Å². The Morgan fingerprint density at radius 2 is 2.00 bits per heavy atom. The molecular weight excluding hydrogens is 224 g/mol. The van der Waals surface area contributed by atoms with E-state index in [2.05, 4.69) is 38.1 Å². The molecule has 0 aliphatic heterocycles. The van der Waals surface area contributed by atoms with Gasteiger partial charge in [-0.25, -0.2) is 0 Å². The Labute approximate surface area is 110 Å². The number of hydrogen-bond acceptors (Lipinski definition) is 3. The zero-order chi connectivity index (χ0) is 13.5. The Hall–Kier alpha value is -1.16. The lowest BCUT2D eigenvalue weighted by atomic mass is 10.1. The minimum absolute atomic E-state index is 0.0343. The van der Waals surface area contributed by atoms with Crippen LogP contribution in [0.15, 0.2) is 30.3 Å². The molecule has 3 N–H and O–H groups in total. The zero-order valence-corrected chi connectivity index (χ0v) is 11.6. The van der Waals surface area contributed by atoms with Crippen LogP contribution >= 0.6 is 0 Å². The molecule has 18 heavy (non-hydrogen) atoms. The predicted molar refractivity (Wildman–Crippen MR) is 76.5 cm³/mol. The Morgan fingerprint density at radius 3 is 2.50 bits per heavy atom. The summed E-state index contributed by atoms with van der Waals surface area (Å²) in [6.45, 7) is 7.14. The first-order valence-electron chi connectivity index (χ1n) is 6.47. The fraction of sp³-hybridized carbons (Fsp3) is 0.467. The SMILES string of the molecule is CCC(CN)N(O)C/C=C(\C)c1ccc(C)cc1. The van der Waals surface area contributed by atoms with Gasteiger partial charge in [0.15, 0.2) is 0 Å². The van der Waals surface area contributed by atoms with E-state index in [1.54, 1.807) is 0 Å². The van der Waals surface area contributed by atoms with Gasteiger partial charge in [-0.05, 0) is 31.4 Å². The summed E-state index contributed by atoms with van der Waals surface area (Å²) in [5.74, 6) is 0. The molecule has 0 saturated carbocycles. The molecule has 0 amide bonds. The highest BCUT2D eigenvalue weighted by molar-refractivity contribution is 5.63. The number of nitrogens with two attached hydrogens (primary N) is 1. The first-order valence-corrected chi connectivity index (χ1v) is 6.47. The van der Waals surface area contributed by atoms with Gasteiger partial charge in [0.1, 0.15) is 0 Å². The lowest BCUT2D eigenvalue weighted by molar-refractivity contribution is -0.115. The fourth-order valence-corrected chi connectivity index (χ4v) is 1.81. The van der Waals surface area contributed by atoms with Gasteiger partial charge in [0.05, 0.1) is 0 Å². The van der Waals surface area contributed by atoms with E-state index >= 15 is 0 Å². The third kappa shape index (κ3) is 4.26.